The van der Waals surface area contributed by atoms with E-state index in [4.69, 9.17) is 14.2 Å². The quantitative estimate of drug-likeness (QED) is 0.404. The topological polar surface area (TPSA) is 44.8 Å². The van der Waals surface area contributed by atoms with Crippen molar-refractivity contribution in [3.8, 4) is 0 Å². The Morgan fingerprint density at radius 2 is 1.76 bits per heavy atom. The maximum atomic E-state index is 11.4. The molecule has 0 bridgehead atoms. The van der Waals surface area contributed by atoms with Crippen LogP contribution >= 0.6 is 0 Å². The first-order valence-corrected chi connectivity index (χ1v) is 7.65. The Balaban J connectivity index is 1.95. The summed E-state index contributed by atoms with van der Waals surface area (Å²) < 4.78 is 16.6. The molecule has 0 aromatic rings. The summed E-state index contributed by atoms with van der Waals surface area (Å²) in [6.45, 7) is 1.74. The first-order chi connectivity index (χ1) is 10.2. The van der Waals surface area contributed by atoms with Crippen LogP contribution in [0.5, 0.6) is 0 Å². The lowest BCUT2D eigenvalue weighted by Gasteiger charge is -2.21. The smallest absolute Gasteiger partial charge is 0.333 e. The van der Waals surface area contributed by atoms with Crippen molar-refractivity contribution in [2.45, 2.75) is 58.2 Å². The van der Waals surface area contributed by atoms with Gasteiger partial charge in [0.2, 0.25) is 6.29 Å². The van der Waals surface area contributed by atoms with Crippen molar-refractivity contribution >= 4 is 5.97 Å². The zero-order chi connectivity index (χ0) is 15.1. The van der Waals surface area contributed by atoms with Gasteiger partial charge in [0.1, 0.15) is 0 Å². The molecule has 0 saturated heterocycles. The average molecular weight is 292 g/mol. The molecule has 0 amide bonds. The summed E-state index contributed by atoms with van der Waals surface area (Å²) in [6.07, 6.45) is 12.6. The van der Waals surface area contributed by atoms with Gasteiger partial charge in [-0.1, -0.05) is 6.08 Å². The Hall–Kier alpha value is -1.71. The van der Waals surface area contributed by atoms with Crippen molar-refractivity contribution < 1.29 is 19.0 Å². The Bertz CT molecular complexity index is 433. The van der Waals surface area contributed by atoms with Gasteiger partial charge < -0.3 is 14.2 Å². The highest BCUT2D eigenvalue weighted by atomic mass is 16.7. The van der Waals surface area contributed by atoms with Crippen molar-refractivity contribution in [1.82, 2.24) is 0 Å². The first-order valence-electron chi connectivity index (χ1n) is 7.65. The van der Waals surface area contributed by atoms with Crippen molar-refractivity contribution in [2.24, 2.45) is 0 Å². The summed E-state index contributed by atoms with van der Waals surface area (Å²) >= 11 is 0. The molecule has 0 fully saturated rings. The molecule has 116 valence electrons. The molecular weight excluding hydrogens is 268 g/mol. The van der Waals surface area contributed by atoms with E-state index >= 15 is 0 Å². The molecule has 0 aromatic heterocycles. The van der Waals surface area contributed by atoms with Crippen LogP contribution in [0.1, 0.15) is 51.9 Å². The molecule has 0 saturated carbocycles. The number of methoxy groups -OCH3 is 1. The van der Waals surface area contributed by atoms with Gasteiger partial charge in [0.25, 0.3) is 0 Å². The Labute approximate surface area is 126 Å². The number of carbonyl (C=O) groups is 1. The molecule has 2 aliphatic carbocycles. The van der Waals surface area contributed by atoms with Gasteiger partial charge in [-0.3, -0.25) is 0 Å². The molecule has 4 nitrogen and oxygen atoms in total. The molecule has 0 aliphatic heterocycles. The van der Waals surface area contributed by atoms with E-state index in [-0.39, 0.29) is 12.3 Å². The number of rotatable bonds is 7. The van der Waals surface area contributed by atoms with Gasteiger partial charge in [-0.05, 0) is 44.8 Å². The van der Waals surface area contributed by atoms with Crippen LogP contribution in [0.15, 0.2) is 35.3 Å². The normalized spacial score (nSPS) is 18.5. The zero-order valence-electron chi connectivity index (χ0n) is 12.9. The van der Waals surface area contributed by atoms with Gasteiger partial charge >= 0.3 is 5.97 Å². The second kappa shape index (κ2) is 7.91. The second-order valence-electron chi connectivity index (χ2n) is 5.41. The molecule has 2 rings (SSSR count). The number of hydrogen-bond donors (Lipinski definition) is 0. The highest BCUT2D eigenvalue weighted by Crippen LogP contribution is 2.26. The Morgan fingerprint density at radius 1 is 1.19 bits per heavy atom. The monoisotopic (exact) mass is 292 g/mol. The minimum atomic E-state index is -0.363. The highest BCUT2D eigenvalue weighted by Gasteiger charge is 2.18. The van der Waals surface area contributed by atoms with E-state index in [0.29, 0.717) is 12.0 Å². The van der Waals surface area contributed by atoms with E-state index in [1.165, 1.54) is 7.11 Å². The predicted octanol–water partition coefficient (Wildman–Crippen LogP) is 3.99. The van der Waals surface area contributed by atoms with Gasteiger partial charge in [0.05, 0.1) is 18.6 Å². The fourth-order valence-corrected chi connectivity index (χ4v) is 2.47. The fourth-order valence-electron chi connectivity index (χ4n) is 2.47. The molecule has 0 heterocycles. The van der Waals surface area contributed by atoms with Crippen LogP contribution in [0.4, 0.5) is 0 Å². The lowest BCUT2D eigenvalue weighted by molar-refractivity contribution is -0.136. The van der Waals surface area contributed by atoms with Crippen LogP contribution in [0.2, 0.25) is 0 Å². The third-order valence-corrected chi connectivity index (χ3v) is 3.69. The number of ether oxygens (including phenoxy) is 3. The van der Waals surface area contributed by atoms with Crippen molar-refractivity contribution in [2.75, 3.05) is 7.11 Å². The van der Waals surface area contributed by atoms with E-state index in [2.05, 4.69) is 12.2 Å². The van der Waals surface area contributed by atoms with Gasteiger partial charge in [0.15, 0.2) is 0 Å². The Kier molecular flexibility index (Phi) is 5.90. The molecule has 21 heavy (non-hydrogen) atoms. The molecule has 0 radical (unpaired) electrons. The number of allylic oxidation sites excluding steroid dienone is 4. The van der Waals surface area contributed by atoms with E-state index in [9.17, 15) is 4.79 Å². The van der Waals surface area contributed by atoms with Gasteiger partial charge in [-0.15, -0.1) is 0 Å². The second-order valence-corrected chi connectivity index (χ2v) is 5.41. The van der Waals surface area contributed by atoms with E-state index in [1.807, 2.05) is 6.08 Å². The predicted molar refractivity (Wildman–Crippen MR) is 80.2 cm³/mol. The van der Waals surface area contributed by atoms with Gasteiger partial charge in [-0.25, -0.2) is 4.79 Å². The van der Waals surface area contributed by atoms with Crippen LogP contribution in [0.3, 0.4) is 0 Å². The van der Waals surface area contributed by atoms with Gasteiger partial charge in [0, 0.05) is 24.8 Å². The molecule has 0 spiro atoms. The molecule has 0 unspecified atom stereocenters. The largest absolute Gasteiger partial charge is 0.466 e. The number of hydrogen-bond acceptors (Lipinski definition) is 4. The lowest BCUT2D eigenvalue weighted by atomic mass is 10.2. The van der Waals surface area contributed by atoms with Crippen molar-refractivity contribution in [3.63, 3.8) is 0 Å². The third kappa shape index (κ3) is 4.96. The molecule has 4 heteroatoms. The summed E-state index contributed by atoms with van der Waals surface area (Å²) in [4.78, 5) is 11.4. The Morgan fingerprint density at radius 3 is 2.19 bits per heavy atom. The molecule has 2 aliphatic rings. The lowest BCUT2D eigenvalue weighted by Crippen LogP contribution is -2.16. The SMILES string of the molecule is COC(=O)C(C)=CCC(OC1=CCCC1)OC1=CCCC1. The van der Waals surface area contributed by atoms with Crippen LogP contribution in [0, 0.1) is 0 Å². The highest BCUT2D eigenvalue weighted by molar-refractivity contribution is 5.87. The first kappa shape index (κ1) is 15.7. The van der Waals surface area contributed by atoms with Crippen LogP contribution in [-0.4, -0.2) is 19.4 Å². The van der Waals surface area contributed by atoms with Crippen molar-refractivity contribution in [1.29, 1.82) is 0 Å². The van der Waals surface area contributed by atoms with Crippen LogP contribution in [-0.2, 0) is 19.0 Å². The van der Waals surface area contributed by atoms with Crippen LogP contribution in [0.25, 0.3) is 0 Å². The zero-order valence-corrected chi connectivity index (χ0v) is 12.9. The summed E-state index contributed by atoms with van der Waals surface area (Å²) in [5, 5.41) is 0. The summed E-state index contributed by atoms with van der Waals surface area (Å²) in [6, 6.07) is 0. The third-order valence-electron chi connectivity index (χ3n) is 3.69. The average Bonchev–Trinajstić information content (AvgIpc) is 3.17. The fraction of sp³-hybridized carbons (Fsp3) is 0.588. The molecule has 0 aromatic carbocycles. The standard InChI is InChI=1S/C17H24O4/c1-13(17(18)19-2)11-12-16(20-14-7-3-4-8-14)21-15-9-5-6-10-15/h7,9,11,16H,3-6,8,10,12H2,1-2H3. The van der Waals surface area contributed by atoms with Crippen LogP contribution < -0.4 is 0 Å². The summed E-state index contributed by atoms with van der Waals surface area (Å²) in [5.41, 5.74) is 0.579. The maximum absolute atomic E-state index is 11.4. The molecular formula is C17H24O4. The number of carbonyl (C=O) groups excluding carboxylic acids is 1. The van der Waals surface area contributed by atoms with Crippen molar-refractivity contribution in [3.05, 3.63) is 35.3 Å². The summed E-state index contributed by atoms with van der Waals surface area (Å²) in [5.74, 6) is 1.69. The van der Waals surface area contributed by atoms with E-state index in [1.54, 1.807) is 6.92 Å². The number of esters is 1. The minimum Gasteiger partial charge on any atom is -0.466 e. The molecule has 0 N–H and O–H groups in total. The maximum Gasteiger partial charge on any atom is 0.333 e. The van der Waals surface area contributed by atoms with E-state index in [0.717, 1.165) is 50.0 Å². The molecule has 0 atom stereocenters. The van der Waals surface area contributed by atoms with E-state index < -0.39 is 0 Å². The summed E-state index contributed by atoms with van der Waals surface area (Å²) in [7, 11) is 1.39. The minimum absolute atomic E-state index is 0.311. The van der Waals surface area contributed by atoms with Gasteiger partial charge in [-0.2, -0.15) is 0 Å².